The van der Waals surface area contributed by atoms with Crippen molar-refractivity contribution in [2.75, 3.05) is 7.11 Å². The van der Waals surface area contributed by atoms with Gasteiger partial charge in [-0.1, -0.05) is 11.6 Å². The number of thiophene rings is 1. The van der Waals surface area contributed by atoms with E-state index in [0.29, 0.717) is 5.02 Å². The molecule has 0 aromatic carbocycles. The van der Waals surface area contributed by atoms with E-state index in [2.05, 4.69) is 9.72 Å². The molecule has 0 fully saturated rings. The molecule has 0 N–H and O–H groups in total. The van der Waals surface area contributed by atoms with Crippen LogP contribution in [0.15, 0.2) is 17.5 Å². The van der Waals surface area contributed by atoms with Crippen LogP contribution in [-0.2, 0) is 4.74 Å². The predicted octanol–water partition coefficient (Wildman–Crippen LogP) is 2.74. The number of hydrogen-bond acceptors (Lipinski definition) is 4. The van der Waals surface area contributed by atoms with Crippen molar-refractivity contribution in [1.82, 2.24) is 4.98 Å². The Hall–Kier alpha value is -1.13. The molecular weight excluding hydrogens is 222 g/mol. The minimum absolute atomic E-state index is 0.239. The van der Waals surface area contributed by atoms with Crippen molar-refractivity contribution in [1.29, 1.82) is 0 Å². The van der Waals surface area contributed by atoms with Gasteiger partial charge in [-0.3, -0.25) is 0 Å². The van der Waals surface area contributed by atoms with Gasteiger partial charge < -0.3 is 4.74 Å². The van der Waals surface area contributed by atoms with Gasteiger partial charge in [0.15, 0.2) is 5.69 Å². The molecule has 0 unspecified atom stereocenters. The lowest BCUT2D eigenvalue weighted by molar-refractivity contribution is 0.0594. The lowest BCUT2D eigenvalue weighted by atomic mass is 10.3. The van der Waals surface area contributed by atoms with Gasteiger partial charge >= 0.3 is 5.97 Å². The molecule has 3 nitrogen and oxygen atoms in total. The number of halogens is 1. The van der Waals surface area contributed by atoms with Crippen LogP contribution in [0.5, 0.6) is 0 Å². The van der Waals surface area contributed by atoms with Crippen LogP contribution >= 0.6 is 22.9 Å². The molecule has 0 saturated heterocycles. The van der Waals surface area contributed by atoms with Gasteiger partial charge in [0.1, 0.15) is 0 Å². The fourth-order valence-electron chi connectivity index (χ4n) is 1.13. The first-order valence-electron chi connectivity index (χ1n) is 3.84. The third-order valence-electron chi connectivity index (χ3n) is 1.76. The number of fused-ring (bicyclic) bond motifs is 1. The molecule has 0 bridgehead atoms. The molecule has 14 heavy (non-hydrogen) atoms. The Labute approximate surface area is 89.3 Å². The van der Waals surface area contributed by atoms with E-state index in [4.69, 9.17) is 11.6 Å². The molecule has 0 amide bonds. The van der Waals surface area contributed by atoms with Crippen molar-refractivity contribution >= 4 is 39.1 Å². The summed E-state index contributed by atoms with van der Waals surface area (Å²) in [5.41, 5.74) is 0.964. The largest absolute Gasteiger partial charge is 0.464 e. The summed E-state index contributed by atoms with van der Waals surface area (Å²) in [6.45, 7) is 0. The van der Waals surface area contributed by atoms with E-state index in [1.165, 1.54) is 24.5 Å². The van der Waals surface area contributed by atoms with Crippen LogP contribution < -0.4 is 0 Å². The molecule has 72 valence electrons. The zero-order valence-corrected chi connectivity index (χ0v) is 8.85. The van der Waals surface area contributed by atoms with Gasteiger partial charge in [0.2, 0.25) is 0 Å². The van der Waals surface area contributed by atoms with Gasteiger partial charge in [-0.15, -0.1) is 11.3 Å². The third kappa shape index (κ3) is 1.47. The summed E-state index contributed by atoms with van der Waals surface area (Å²) >= 11 is 7.46. The van der Waals surface area contributed by atoms with Crippen molar-refractivity contribution in [3.63, 3.8) is 0 Å². The van der Waals surface area contributed by atoms with Crippen molar-refractivity contribution < 1.29 is 9.53 Å². The normalized spacial score (nSPS) is 10.4. The number of carbonyl (C=O) groups is 1. The van der Waals surface area contributed by atoms with Crippen molar-refractivity contribution in [3.8, 4) is 0 Å². The van der Waals surface area contributed by atoms with Crippen LogP contribution in [0.25, 0.3) is 10.2 Å². The number of ether oxygens (including phenoxy) is 1. The molecule has 0 spiro atoms. The lowest BCUT2D eigenvalue weighted by Gasteiger charge is -1.99. The Morgan fingerprint density at radius 2 is 2.43 bits per heavy atom. The van der Waals surface area contributed by atoms with Crippen LogP contribution in [-0.4, -0.2) is 18.1 Å². The highest BCUT2D eigenvalue weighted by Crippen LogP contribution is 2.27. The quantitative estimate of drug-likeness (QED) is 0.704. The second-order valence-electron chi connectivity index (χ2n) is 2.62. The summed E-state index contributed by atoms with van der Waals surface area (Å²) in [4.78, 5) is 15.3. The molecule has 0 saturated carbocycles. The average Bonchev–Trinajstić information content (AvgIpc) is 2.64. The van der Waals surface area contributed by atoms with E-state index in [1.54, 1.807) is 0 Å². The maximum absolute atomic E-state index is 11.2. The van der Waals surface area contributed by atoms with Crippen molar-refractivity contribution in [2.45, 2.75) is 0 Å². The summed E-state index contributed by atoms with van der Waals surface area (Å²) in [5.74, 6) is -0.472. The first-order chi connectivity index (χ1) is 6.72. The Balaban J connectivity index is 2.64. The third-order valence-corrected chi connectivity index (χ3v) is 3.11. The van der Waals surface area contributed by atoms with Gasteiger partial charge in [-0.2, -0.15) is 0 Å². The number of pyridine rings is 1. The van der Waals surface area contributed by atoms with Crippen LogP contribution in [0.1, 0.15) is 10.5 Å². The number of carbonyl (C=O) groups excluding carboxylic acids is 1. The van der Waals surface area contributed by atoms with E-state index in [0.717, 1.165) is 10.2 Å². The minimum Gasteiger partial charge on any atom is -0.464 e. The van der Waals surface area contributed by atoms with Crippen LogP contribution in [0, 0.1) is 0 Å². The van der Waals surface area contributed by atoms with Gasteiger partial charge in [-0.05, 0) is 17.5 Å². The fraction of sp³-hybridized carbons (Fsp3) is 0.111. The van der Waals surface area contributed by atoms with Gasteiger partial charge in [0.25, 0.3) is 0 Å². The molecule has 0 aliphatic rings. The maximum atomic E-state index is 11.2. The highest BCUT2D eigenvalue weighted by molar-refractivity contribution is 7.17. The summed E-state index contributed by atoms with van der Waals surface area (Å²) in [5, 5.41) is 2.41. The van der Waals surface area contributed by atoms with E-state index >= 15 is 0 Å². The van der Waals surface area contributed by atoms with Gasteiger partial charge in [-0.25, -0.2) is 9.78 Å². The monoisotopic (exact) mass is 227 g/mol. The zero-order valence-electron chi connectivity index (χ0n) is 7.28. The zero-order chi connectivity index (χ0) is 10.1. The first-order valence-corrected chi connectivity index (χ1v) is 5.10. The van der Waals surface area contributed by atoms with E-state index in [9.17, 15) is 4.79 Å². The number of methoxy groups -OCH3 is 1. The fourth-order valence-corrected chi connectivity index (χ4v) is 2.20. The standard InChI is InChI=1S/C9H6ClNO2S/c1-13-9(12)7-4-5(10)8-6(11-7)2-3-14-8/h2-4H,1H3. The Kier molecular flexibility index (Phi) is 2.39. The summed E-state index contributed by atoms with van der Waals surface area (Å²) in [7, 11) is 1.32. The molecular formula is C9H6ClNO2S. The van der Waals surface area contributed by atoms with E-state index < -0.39 is 5.97 Å². The lowest BCUT2D eigenvalue weighted by Crippen LogP contribution is -2.03. The SMILES string of the molecule is COC(=O)c1cc(Cl)c2sccc2n1. The molecule has 0 aliphatic heterocycles. The van der Waals surface area contributed by atoms with Crippen molar-refractivity contribution in [2.24, 2.45) is 0 Å². The molecule has 0 radical (unpaired) electrons. The Morgan fingerprint density at radius 3 is 3.14 bits per heavy atom. The molecule has 0 atom stereocenters. The Bertz CT molecular complexity index is 495. The van der Waals surface area contributed by atoms with Crippen LogP contribution in [0.2, 0.25) is 5.02 Å². The minimum atomic E-state index is -0.472. The number of rotatable bonds is 1. The summed E-state index contributed by atoms with van der Waals surface area (Å²) in [6, 6.07) is 3.34. The highest BCUT2D eigenvalue weighted by Gasteiger charge is 2.11. The van der Waals surface area contributed by atoms with Crippen LogP contribution in [0.4, 0.5) is 0 Å². The number of aromatic nitrogens is 1. The molecule has 2 heterocycles. The molecule has 0 aliphatic carbocycles. The summed E-state index contributed by atoms with van der Waals surface area (Å²) in [6.07, 6.45) is 0. The topological polar surface area (TPSA) is 39.2 Å². The van der Waals surface area contributed by atoms with Crippen molar-refractivity contribution in [3.05, 3.63) is 28.2 Å². The van der Waals surface area contributed by atoms with Gasteiger partial charge in [0.05, 0.1) is 22.3 Å². The maximum Gasteiger partial charge on any atom is 0.356 e. The molecule has 5 heteroatoms. The van der Waals surface area contributed by atoms with Crippen LogP contribution in [0.3, 0.4) is 0 Å². The number of hydrogen-bond donors (Lipinski definition) is 0. The predicted molar refractivity (Wildman–Crippen MR) is 56.0 cm³/mol. The molecule has 2 rings (SSSR count). The van der Waals surface area contributed by atoms with E-state index in [-0.39, 0.29) is 5.69 Å². The second-order valence-corrected chi connectivity index (χ2v) is 3.94. The molecule has 2 aromatic heterocycles. The number of esters is 1. The molecule has 2 aromatic rings. The van der Waals surface area contributed by atoms with Gasteiger partial charge in [0, 0.05) is 0 Å². The van der Waals surface area contributed by atoms with E-state index in [1.807, 2.05) is 11.4 Å². The highest BCUT2D eigenvalue weighted by atomic mass is 35.5. The average molecular weight is 228 g/mol. The first kappa shape index (κ1) is 9.43. The summed E-state index contributed by atoms with van der Waals surface area (Å²) < 4.78 is 5.45. The number of nitrogens with zero attached hydrogens (tertiary/aromatic N) is 1. The smallest absolute Gasteiger partial charge is 0.356 e. The Morgan fingerprint density at radius 1 is 1.64 bits per heavy atom. The second kappa shape index (κ2) is 3.55.